The van der Waals surface area contributed by atoms with Crippen LogP contribution in [0.2, 0.25) is 0 Å². The molecule has 0 aliphatic rings. The van der Waals surface area contributed by atoms with Crippen molar-refractivity contribution in [1.29, 1.82) is 0 Å². The van der Waals surface area contributed by atoms with Crippen LogP contribution >= 0.6 is 27.3 Å². The molecule has 0 radical (unpaired) electrons. The van der Waals surface area contributed by atoms with Crippen molar-refractivity contribution in [2.24, 2.45) is 0 Å². The lowest BCUT2D eigenvalue weighted by molar-refractivity contribution is 0.0777. The maximum Gasteiger partial charge on any atom is 0.264 e. The minimum Gasteiger partial charge on any atom is -0.338 e. The summed E-state index contributed by atoms with van der Waals surface area (Å²) in [5.41, 5.74) is 2.58. The number of fused-ring (bicyclic) bond motifs is 3. The van der Waals surface area contributed by atoms with Crippen LogP contribution in [0.15, 0.2) is 35.1 Å². The molecule has 3 heterocycles. The summed E-state index contributed by atoms with van der Waals surface area (Å²) in [7, 11) is 0. The van der Waals surface area contributed by atoms with Crippen molar-refractivity contribution < 1.29 is 4.79 Å². The summed E-state index contributed by atoms with van der Waals surface area (Å²) >= 11 is 4.87. The summed E-state index contributed by atoms with van der Waals surface area (Å²) < 4.78 is 2.69. The molecule has 138 valence electrons. The van der Waals surface area contributed by atoms with Crippen LogP contribution < -0.4 is 0 Å². The lowest BCUT2D eigenvalue weighted by Crippen LogP contribution is -2.30. The third-order valence-corrected chi connectivity index (χ3v) is 6.33. The summed E-state index contributed by atoms with van der Waals surface area (Å²) in [4.78, 5) is 25.5. The van der Waals surface area contributed by atoms with Gasteiger partial charge in [-0.05, 0) is 38.5 Å². The fraction of sp³-hybridized carbons (Fsp3) is 0.263. The topological polar surface area (TPSA) is 63.4 Å². The van der Waals surface area contributed by atoms with E-state index in [9.17, 15) is 4.79 Å². The minimum atomic E-state index is 0.0475. The van der Waals surface area contributed by atoms with Gasteiger partial charge in [0.05, 0.1) is 10.3 Å². The molecule has 0 unspecified atom stereocenters. The summed E-state index contributed by atoms with van der Waals surface area (Å²) in [6.45, 7) is 7.31. The van der Waals surface area contributed by atoms with Crippen molar-refractivity contribution in [1.82, 2.24) is 24.5 Å². The number of carbonyl (C=O) groups is 1. The average Bonchev–Trinajstić information content (AvgIpc) is 3.24. The van der Waals surface area contributed by atoms with Gasteiger partial charge in [-0.3, -0.25) is 4.79 Å². The van der Waals surface area contributed by atoms with Crippen LogP contribution in [0.4, 0.5) is 0 Å². The van der Waals surface area contributed by atoms with Crippen molar-refractivity contribution in [3.8, 4) is 11.4 Å². The Morgan fingerprint density at radius 2 is 1.93 bits per heavy atom. The molecule has 0 spiro atoms. The summed E-state index contributed by atoms with van der Waals surface area (Å²) in [5, 5.41) is 5.46. The van der Waals surface area contributed by atoms with Gasteiger partial charge in [-0.25, -0.2) is 14.5 Å². The van der Waals surface area contributed by atoms with Gasteiger partial charge in [0, 0.05) is 23.1 Å². The highest BCUT2D eigenvalue weighted by Gasteiger charge is 2.23. The summed E-state index contributed by atoms with van der Waals surface area (Å²) in [5.74, 6) is 0.685. The van der Waals surface area contributed by atoms with E-state index in [2.05, 4.69) is 26.0 Å². The largest absolute Gasteiger partial charge is 0.338 e. The third kappa shape index (κ3) is 3.02. The highest BCUT2D eigenvalue weighted by atomic mass is 79.9. The van der Waals surface area contributed by atoms with Gasteiger partial charge in [0.2, 0.25) is 0 Å². The van der Waals surface area contributed by atoms with E-state index in [0.29, 0.717) is 18.9 Å². The zero-order chi connectivity index (χ0) is 19.1. The molecular weight excluding hydrogens is 426 g/mol. The van der Waals surface area contributed by atoms with Gasteiger partial charge in [0.15, 0.2) is 11.5 Å². The van der Waals surface area contributed by atoms with E-state index in [0.717, 1.165) is 36.3 Å². The molecule has 1 amide bonds. The first-order chi connectivity index (χ1) is 13.0. The maximum absolute atomic E-state index is 12.9. The molecule has 4 rings (SSSR count). The molecule has 4 aromatic rings. The highest BCUT2D eigenvalue weighted by molar-refractivity contribution is 9.10. The monoisotopic (exact) mass is 443 g/mol. The second kappa shape index (κ2) is 7.01. The van der Waals surface area contributed by atoms with Gasteiger partial charge in [-0.2, -0.15) is 0 Å². The van der Waals surface area contributed by atoms with Gasteiger partial charge >= 0.3 is 0 Å². The number of aryl methyl sites for hydroxylation is 1. The quantitative estimate of drug-likeness (QED) is 0.463. The first-order valence-corrected chi connectivity index (χ1v) is 10.3. The molecule has 27 heavy (non-hydrogen) atoms. The summed E-state index contributed by atoms with van der Waals surface area (Å²) in [6.07, 6.45) is 1.66. The van der Waals surface area contributed by atoms with Gasteiger partial charge in [-0.1, -0.05) is 28.1 Å². The molecule has 6 nitrogen and oxygen atoms in total. The Morgan fingerprint density at radius 1 is 1.22 bits per heavy atom. The SMILES string of the molecule is CCN(CC)C(=O)c1sc2ncn3nc(-c4ccc(Br)cc4)nc3c2c1C. The second-order valence-electron chi connectivity index (χ2n) is 6.17. The van der Waals surface area contributed by atoms with Gasteiger partial charge in [-0.15, -0.1) is 16.4 Å². The first-order valence-electron chi connectivity index (χ1n) is 8.73. The fourth-order valence-corrected chi connectivity index (χ4v) is 4.49. The Morgan fingerprint density at radius 3 is 2.59 bits per heavy atom. The molecule has 0 atom stereocenters. The molecule has 0 aliphatic heterocycles. The van der Waals surface area contributed by atoms with E-state index >= 15 is 0 Å². The van der Waals surface area contributed by atoms with Crippen LogP contribution in [0, 0.1) is 6.92 Å². The molecule has 3 aromatic heterocycles. The Hall–Kier alpha value is -2.32. The number of carbonyl (C=O) groups excluding carboxylic acids is 1. The number of hydrogen-bond donors (Lipinski definition) is 0. The van der Waals surface area contributed by atoms with Crippen LogP contribution in [-0.2, 0) is 0 Å². The van der Waals surface area contributed by atoms with Crippen molar-refractivity contribution in [3.05, 3.63) is 45.5 Å². The fourth-order valence-electron chi connectivity index (χ4n) is 3.11. The lowest BCUT2D eigenvalue weighted by atomic mass is 10.2. The van der Waals surface area contributed by atoms with Crippen LogP contribution in [0.3, 0.4) is 0 Å². The normalized spacial score (nSPS) is 11.4. The number of halogens is 1. The molecule has 0 N–H and O–H groups in total. The van der Waals surface area contributed by atoms with Gasteiger partial charge < -0.3 is 4.90 Å². The number of aromatic nitrogens is 4. The number of benzene rings is 1. The number of nitrogens with zero attached hydrogens (tertiary/aromatic N) is 5. The molecular formula is C19H18BrN5OS. The Balaban J connectivity index is 1.88. The third-order valence-electron chi connectivity index (χ3n) is 4.61. The van der Waals surface area contributed by atoms with Crippen molar-refractivity contribution >= 4 is 49.0 Å². The second-order valence-corrected chi connectivity index (χ2v) is 8.08. The number of thiophene rings is 1. The van der Waals surface area contributed by atoms with Crippen molar-refractivity contribution in [2.45, 2.75) is 20.8 Å². The summed E-state index contributed by atoms with van der Waals surface area (Å²) in [6, 6.07) is 7.87. The first kappa shape index (κ1) is 18.1. The number of amides is 1. The highest BCUT2D eigenvalue weighted by Crippen LogP contribution is 2.33. The van der Waals surface area contributed by atoms with Crippen molar-refractivity contribution in [2.75, 3.05) is 13.1 Å². The Kier molecular flexibility index (Phi) is 4.69. The Labute approximate surface area is 169 Å². The van der Waals surface area contributed by atoms with E-state index in [1.54, 1.807) is 10.8 Å². The molecule has 0 fully saturated rings. The Bertz CT molecular complexity index is 1140. The van der Waals surface area contributed by atoms with Crippen LogP contribution in [0.25, 0.3) is 27.3 Å². The standard InChI is InChI=1S/C19H18BrN5OS/c1-4-24(5-2)19(26)15-11(3)14-17-22-16(12-6-8-13(20)9-7-12)23-25(17)10-21-18(14)27-15/h6-10H,4-5H2,1-3H3. The zero-order valence-corrected chi connectivity index (χ0v) is 17.6. The lowest BCUT2D eigenvalue weighted by Gasteiger charge is -2.17. The van der Waals surface area contributed by atoms with Crippen LogP contribution in [-0.4, -0.2) is 43.5 Å². The zero-order valence-electron chi connectivity index (χ0n) is 15.2. The predicted molar refractivity (Wildman–Crippen MR) is 111 cm³/mol. The molecule has 0 bridgehead atoms. The number of hydrogen-bond acceptors (Lipinski definition) is 5. The molecule has 0 aliphatic carbocycles. The van der Waals surface area contributed by atoms with E-state index in [1.165, 1.54) is 11.3 Å². The minimum absolute atomic E-state index is 0.0475. The van der Waals surface area contributed by atoms with Gasteiger partial charge in [0.25, 0.3) is 5.91 Å². The van der Waals surface area contributed by atoms with E-state index in [-0.39, 0.29) is 5.91 Å². The molecule has 0 saturated carbocycles. The number of rotatable bonds is 4. The van der Waals surface area contributed by atoms with Crippen LogP contribution in [0.5, 0.6) is 0 Å². The smallest absolute Gasteiger partial charge is 0.264 e. The maximum atomic E-state index is 12.9. The average molecular weight is 444 g/mol. The molecule has 8 heteroatoms. The van der Waals surface area contributed by atoms with Crippen LogP contribution in [0.1, 0.15) is 29.1 Å². The van der Waals surface area contributed by atoms with E-state index in [4.69, 9.17) is 4.98 Å². The molecule has 1 aromatic carbocycles. The van der Waals surface area contributed by atoms with Crippen molar-refractivity contribution in [3.63, 3.8) is 0 Å². The van der Waals surface area contributed by atoms with E-state index < -0.39 is 0 Å². The van der Waals surface area contributed by atoms with E-state index in [1.807, 2.05) is 49.9 Å². The van der Waals surface area contributed by atoms with Gasteiger partial charge in [0.1, 0.15) is 11.2 Å². The predicted octanol–water partition coefficient (Wildman–Crippen LogP) is 4.56. The molecule has 0 saturated heterocycles.